The van der Waals surface area contributed by atoms with Crippen LogP contribution in [0.2, 0.25) is 0 Å². The SMILES string of the molecule is CC(=O)N(C)C1C[C@@H]2C(c3cc(I)nn3C(C)C)[C@@H]2C1. The van der Waals surface area contributed by atoms with Gasteiger partial charge >= 0.3 is 0 Å². The third kappa shape index (κ3) is 2.27. The zero-order chi connectivity index (χ0) is 14.6. The maximum atomic E-state index is 11.5. The largest absolute Gasteiger partial charge is 0.343 e. The highest BCUT2D eigenvalue weighted by Gasteiger charge is 2.58. The van der Waals surface area contributed by atoms with Gasteiger partial charge in [-0.3, -0.25) is 9.48 Å². The van der Waals surface area contributed by atoms with E-state index in [1.54, 1.807) is 6.92 Å². The summed E-state index contributed by atoms with van der Waals surface area (Å²) >= 11 is 2.30. The van der Waals surface area contributed by atoms with E-state index in [1.807, 2.05) is 11.9 Å². The van der Waals surface area contributed by atoms with Crippen molar-refractivity contribution in [3.63, 3.8) is 0 Å². The average molecular weight is 387 g/mol. The van der Waals surface area contributed by atoms with Crippen LogP contribution in [0.5, 0.6) is 0 Å². The molecule has 4 atom stereocenters. The second kappa shape index (κ2) is 5.00. The molecule has 20 heavy (non-hydrogen) atoms. The van der Waals surface area contributed by atoms with Gasteiger partial charge in [0, 0.05) is 37.7 Å². The molecule has 2 aliphatic rings. The first-order valence-electron chi connectivity index (χ1n) is 7.38. The monoisotopic (exact) mass is 387 g/mol. The Morgan fingerprint density at radius 3 is 2.55 bits per heavy atom. The Kier molecular flexibility index (Phi) is 3.59. The second-order valence-electron chi connectivity index (χ2n) is 6.54. The van der Waals surface area contributed by atoms with Gasteiger partial charge in [-0.15, -0.1) is 0 Å². The molecule has 0 aliphatic heterocycles. The number of rotatable bonds is 3. The minimum Gasteiger partial charge on any atom is -0.343 e. The Morgan fingerprint density at radius 2 is 2.05 bits per heavy atom. The van der Waals surface area contributed by atoms with E-state index in [0.29, 0.717) is 18.0 Å². The van der Waals surface area contributed by atoms with E-state index in [9.17, 15) is 4.79 Å². The van der Waals surface area contributed by atoms with Gasteiger partial charge in [0.2, 0.25) is 5.91 Å². The number of hydrogen-bond acceptors (Lipinski definition) is 2. The third-order valence-corrected chi connectivity index (χ3v) is 5.56. The Bertz CT molecular complexity index is 527. The molecule has 2 saturated carbocycles. The van der Waals surface area contributed by atoms with E-state index in [0.717, 1.165) is 28.4 Å². The van der Waals surface area contributed by atoms with E-state index in [4.69, 9.17) is 0 Å². The first kappa shape index (κ1) is 14.4. The normalized spacial score (nSPS) is 31.5. The van der Waals surface area contributed by atoms with Crippen molar-refractivity contribution in [1.82, 2.24) is 14.7 Å². The molecule has 4 nitrogen and oxygen atoms in total. The van der Waals surface area contributed by atoms with E-state index >= 15 is 0 Å². The minimum absolute atomic E-state index is 0.189. The third-order valence-electron chi connectivity index (χ3n) is 5.03. The molecule has 3 rings (SSSR count). The van der Waals surface area contributed by atoms with Crippen molar-refractivity contribution in [1.29, 1.82) is 0 Å². The molecule has 1 aromatic heterocycles. The summed E-state index contributed by atoms with van der Waals surface area (Å²) in [7, 11) is 1.94. The van der Waals surface area contributed by atoms with E-state index in [2.05, 4.69) is 52.3 Å². The summed E-state index contributed by atoms with van der Waals surface area (Å²) in [5, 5.41) is 4.62. The molecule has 2 aliphatic carbocycles. The van der Waals surface area contributed by atoms with E-state index in [-0.39, 0.29) is 5.91 Å². The van der Waals surface area contributed by atoms with Crippen molar-refractivity contribution in [3.8, 4) is 0 Å². The number of hydrogen-bond donors (Lipinski definition) is 0. The van der Waals surface area contributed by atoms with Crippen LogP contribution in [0.15, 0.2) is 6.07 Å². The summed E-state index contributed by atoms with van der Waals surface area (Å²) in [4.78, 5) is 13.4. The van der Waals surface area contributed by atoms with Gasteiger partial charge in [-0.05, 0) is 67.2 Å². The fraction of sp³-hybridized carbons (Fsp3) is 0.733. The molecular formula is C15H22IN3O. The van der Waals surface area contributed by atoms with Crippen LogP contribution in [-0.2, 0) is 4.79 Å². The topological polar surface area (TPSA) is 38.1 Å². The predicted octanol–water partition coefficient (Wildman–Crippen LogP) is 3.04. The lowest BCUT2D eigenvalue weighted by Crippen LogP contribution is -2.34. The molecule has 110 valence electrons. The molecule has 1 heterocycles. The highest BCUT2D eigenvalue weighted by atomic mass is 127. The van der Waals surface area contributed by atoms with Crippen LogP contribution in [0.4, 0.5) is 0 Å². The van der Waals surface area contributed by atoms with Gasteiger partial charge in [0.05, 0.1) is 0 Å². The fourth-order valence-electron chi connectivity index (χ4n) is 3.86. The Labute approximate surface area is 134 Å². The molecule has 5 heteroatoms. The first-order chi connectivity index (χ1) is 9.40. The summed E-state index contributed by atoms with van der Waals surface area (Å²) in [6.45, 7) is 6.05. The molecule has 1 aromatic rings. The number of amides is 1. The highest BCUT2D eigenvalue weighted by molar-refractivity contribution is 14.1. The Morgan fingerprint density at radius 1 is 1.45 bits per heavy atom. The number of halogens is 1. The lowest BCUT2D eigenvalue weighted by molar-refractivity contribution is -0.129. The molecule has 0 bridgehead atoms. The van der Waals surface area contributed by atoms with Gasteiger partial charge in [0.1, 0.15) is 3.70 Å². The predicted molar refractivity (Wildman–Crippen MR) is 86.5 cm³/mol. The van der Waals surface area contributed by atoms with Gasteiger partial charge in [0.15, 0.2) is 0 Å². The quantitative estimate of drug-likeness (QED) is 0.748. The van der Waals surface area contributed by atoms with Crippen molar-refractivity contribution in [2.24, 2.45) is 11.8 Å². The lowest BCUT2D eigenvalue weighted by Gasteiger charge is -2.25. The van der Waals surface area contributed by atoms with Crippen molar-refractivity contribution in [3.05, 3.63) is 15.5 Å². The van der Waals surface area contributed by atoms with Crippen LogP contribution in [0.3, 0.4) is 0 Å². The van der Waals surface area contributed by atoms with Gasteiger partial charge in [-0.1, -0.05) is 0 Å². The molecule has 0 aromatic carbocycles. The number of carbonyl (C=O) groups excluding carboxylic acids is 1. The number of carbonyl (C=O) groups is 1. The summed E-state index contributed by atoms with van der Waals surface area (Å²) in [5.74, 6) is 2.37. The van der Waals surface area contributed by atoms with Crippen molar-refractivity contribution >= 4 is 28.5 Å². The van der Waals surface area contributed by atoms with Crippen molar-refractivity contribution in [2.45, 2.75) is 51.6 Å². The smallest absolute Gasteiger partial charge is 0.219 e. The van der Waals surface area contributed by atoms with Gasteiger partial charge in [-0.2, -0.15) is 5.10 Å². The van der Waals surface area contributed by atoms with Crippen LogP contribution < -0.4 is 0 Å². The molecule has 2 fully saturated rings. The Hall–Kier alpha value is -0.590. The second-order valence-corrected chi connectivity index (χ2v) is 7.64. The number of aromatic nitrogens is 2. The van der Waals surface area contributed by atoms with Crippen LogP contribution in [-0.4, -0.2) is 33.7 Å². The molecule has 0 radical (unpaired) electrons. The highest BCUT2D eigenvalue weighted by Crippen LogP contribution is 2.64. The standard InChI is InChI=1S/C15H22IN3O/c1-8(2)19-13(7-14(16)17-19)15-11-5-10(6-12(11)15)18(4)9(3)20/h7-8,10-12,15H,5-6H2,1-4H3/t10?,11-,12+,15?. The molecule has 1 amide bonds. The molecule has 2 unspecified atom stereocenters. The summed E-state index contributed by atoms with van der Waals surface area (Å²) in [6, 6.07) is 3.12. The summed E-state index contributed by atoms with van der Waals surface area (Å²) < 4.78 is 3.28. The molecule has 0 N–H and O–H groups in total. The van der Waals surface area contributed by atoms with Gasteiger partial charge in [0.25, 0.3) is 0 Å². The summed E-state index contributed by atoms with van der Waals surface area (Å²) in [5.41, 5.74) is 1.41. The summed E-state index contributed by atoms with van der Waals surface area (Å²) in [6.07, 6.45) is 2.32. The average Bonchev–Trinajstić information content (AvgIpc) is 2.77. The molecule has 0 saturated heterocycles. The van der Waals surface area contributed by atoms with Crippen molar-refractivity contribution < 1.29 is 4.79 Å². The number of nitrogens with zero attached hydrogens (tertiary/aromatic N) is 3. The number of fused-ring (bicyclic) bond motifs is 1. The van der Waals surface area contributed by atoms with E-state index < -0.39 is 0 Å². The van der Waals surface area contributed by atoms with E-state index in [1.165, 1.54) is 5.69 Å². The van der Waals surface area contributed by atoms with Crippen LogP contribution in [0, 0.1) is 15.5 Å². The van der Waals surface area contributed by atoms with Crippen LogP contribution in [0.25, 0.3) is 0 Å². The lowest BCUT2D eigenvalue weighted by atomic mass is 10.0. The maximum absolute atomic E-state index is 11.5. The zero-order valence-corrected chi connectivity index (χ0v) is 14.7. The zero-order valence-electron chi connectivity index (χ0n) is 12.5. The van der Waals surface area contributed by atoms with Crippen LogP contribution >= 0.6 is 22.6 Å². The van der Waals surface area contributed by atoms with Crippen LogP contribution in [0.1, 0.15) is 51.3 Å². The fourth-order valence-corrected chi connectivity index (χ4v) is 4.42. The van der Waals surface area contributed by atoms with Gasteiger partial charge in [-0.25, -0.2) is 0 Å². The van der Waals surface area contributed by atoms with Crippen molar-refractivity contribution in [2.75, 3.05) is 7.05 Å². The maximum Gasteiger partial charge on any atom is 0.219 e. The first-order valence-corrected chi connectivity index (χ1v) is 8.46. The minimum atomic E-state index is 0.189. The Balaban J connectivity index is 1.72. The van der Waals surface area contributed by atoms with Gasteiger partial charge < -0.3 is 4.90 Å². The molecular weight excluding hydrogens is 365 g/mol. The molecule has 0 spiro atoms.